The predicted molar refractivity (Wildman–Crippen MR) is 56.9 cm³/mol. The molecule has 2 rings (SSSR count). The second-order valence-electron chi connectivity index (χ2n) is 2.97. The molecule has 0 atom stereocenters. The number of phenols is 1. The molecular formula is C9H8INO2. The van der Waals surface area contributed by atoms with E-state index in [0.717, 1.165) is 15.6 Å². The number of phenolic OH excluding ortho intramolecular Hbond substituents is 1. The molecule has 1 aliphatic heterocycles. The highest BCUT2D eigenvalue weighted by atomic mass is 127. The Hall–Kier alpha value is -0.780. The zero-order valence-electron chi connectivity index (χ0n) is 6.80. The number of carbonyl (C=O) groups excluding carboxylic acids is 1. The van der Waals surface area contributed by atoms with E-state index in [1.165, 1.54) is 6.07 Å². The molecule has 13 heavy (non-hydrogen) atoms. The molecule has 4 heteroatoms. The summed E-state index contributed by atoms with van der Waals surface area (Å²) < 4.78 is 0.797. The molecule has 0 aromatic heterocycles. The summed E-state index contributed by atoms with van der Waals surface area (Å²) in [4.78, 5) is 11.3. The third-order valence-corrected chi connectivity index (χ3v) is 2.96. The van der Waals surface area contributed by atoms with Gasteiger partial charge in [0.15, 0.2) is 0 Å². The lowest BCUT2D eigenvalue weighted by atomic mass is 10.0. The van der Waals surface area contributed by atoms with Crippen LogP contribution in [0.5, 0.6) is 5.75 Å². The molecule has 0 radical (unpaired) electrons. The molecule has 0 saturated carbocycles. The Balaban J connectivity index is 2.58. The van der Waals surface area contributed by atoms with E-state index >= 15 is 0 Å². The molecule has 1 aliphatic rings. The number of benzene rings is 1. The van der Waals surface area contributed by atoms with Gasteiger partial charge in [-0.2, -0.15) is 0 Å². The van der Waals surface area contributed by atoms with Crippen molar-refractivity contribution in [3.8, 4) is 5.75 Å². The van der Waals surface area contributed by atoms with Gasteiger partial charge in [-0.1, -0.05) is 0 Å². The average Bonchev–Trinajstić information content (AvgIpc) is 2.09. The van der Waals surface area contributed by atoms with E-state index in [4.69, 9.17) is 0 Å². The van der Waals surface area contributed by atoms with Crippen molar-refractivity contribution in [3.63, 3.8) is 0 Å². The first-order chi connectivity index (χ1) is 6.18. The summed E-state index contributed by atoms with van der Waals surface area (Å²) in [6.07, 6.45) is 0.845. The minimum atomic E-state index is -0.0899. The lowest BCUT2D eigenvalue weighted by Gasteiger charge is -2.16. The maximum absolute atomic E-state index is 11.3. The molecule has 1 amide bonds. The van der Waals surface area contributed by atoms with Crippen LogP contribution in [0.2, 0.25) is 0 Å². The number of halogens is 1. The maximum Gasteiger partial charge on any atom is 0.251 e. The van der Waals surface area contributed by atoms with Crippen molar-refractivity contribution in [2.75, 3.05) is 6.54 Å². The van der Waals surface area contributed by atoms with E-state index in [0.29, 0.717) is 12.1 Å². The van der Waals surface area contributed by atoms with E-state index in [1.807, 2.05) is 6.07 Å². The van der Waals surface area contributed by atoms with Crippen molar-refractivity contribution < 1.29 is 9.90 Å². The Morgan fingerprint density at radius 2 is 2.23 bits per heavy atom. The van der Waals surface area contributed by atoms with Gasteiger partial charge in [0.1, 0.15) is 5.75 Å². The third kappa shape index (κ3) is 1.50. The van der Waals surface area contributed by atoms with Crippen LogP contribution in [0.1, 0.15) is 15.9 Å². The zero-order valence-corrected chi connectivity index (χ0v) is 8.96. The molecule has 0 saturated heterocycles. The molecule has 1 aromatic rings. The smallest absolute Gasteiger partial charge is 0.251 e. The van der Waals surface area contributed by atoms with Gasteiger partial charge in [-0.15, -0.1) is 0 Å². The zero-order chi connectivity index (χ0) is 9.42. The highest BCUT2D eigenvalue weighted by Crippen LogP contribution is 2.25. The third-order valence-electron chi connectivity index (χ3n) is 2.10. The molecule has 0 unspecified atom stereocenters. The summed E-state index contributed by atoms with van der Waals surface area (Å²) in [5.41, 5.74) is 1.62. The summed E-state index contributed by atoms with van der Waals surface area (Å²) in [7, 11) is 0. The number of fused-ring (bicyclic) bond motifs is 1. The summed E-state index contributed by atoms with van der Waals surface area (Å²) in [5, 5.41) is 12.1. The normalized spacial score (nSPS) is 15.0. The summed E-state index contributed by atoms with van der Waals surface area (Å²) >= 11 is 2.06. The molecule has 0 spiro atoms. The molecule has 68 valence electrons. The van der Waals surface area contributed by atoms with Crippen LogP contribution >= 0.6 is 22.6 Å². The van der Waals surface area contributed by atoms with Crippen molar-refractivity contribution in [1.82, 2.24) is 5.32 Å². The summed E-state index contributed by atoms with van der Waals surface area (Å²) in [5.74, 6) is 0.0874. The quantitative estimate of drug-likeness (QED) is 0.707. The Labute approximate surface area is 89.3 Å². The fourth-order valence-electron chi connectivity index (χ4n) is 1.43. The SMILES string of the molecule is O=C1NCCc2cc(I)c(O)cc21. The number of hydrogen-bond donors (Lipinski definition) is 2. The summed E-state index contributed by atoms with van der Waals surface area (Å²) in [6, 6.07) is 3.40. The highest BCUT2D eigenvalue weighted by molar-refractivity contribution is 14.1. The van der Waals surface area contributed by atoms with Gasteiger partial charge in [0, 0.05) is 12.1 Å². The van der Waals surface area contributed by atoms with Gasteiger partial charge in [0.05, 0.1) is 3.57 Å². The highest BCUT2D eigenvalue weighted by Gasteiger charge is 2.18. The van der Waals surface area contributed by atoms with E-state index in [-0.39, 0.29) is 11.7 Å². The topological polar surface area (TPSA) is 49.3 Å². The Morgan fingerprint density at radius 3 is 3.00 bits per heavy atom. The summed E-state index contributed by atoms with van der Waals surface area (Å²) in [6.45, 7) is 0.687. The molecule has 2 N–H and O–H groups in total. The molecule has 1 heterocycles. The van der Waals surface area contributed by atoms with Crippen molar-refractivity contribution in [2.24, 2.45) is 0 Å². The van der Waals surface area contributed by atoms with Gasteiger partial charge < -0.3 is 10.4 Å². The predicted octanol–water partition coefficient (Wildman–Crippen LogP) is 1.28. The molecule has 3 nitrogen and oxygen atoms in total. The number of carbonyl (C=O) groups is 1. The number of rotatable bonds is 0. The van der Waals surface area contributed by atoms with Gasteiger partial charge in [-0.05, 0) is 46.7 Å². The van der Waals surface area contributed by atoms with Gasteiger partial charge in [0.2, 0.25) is 0 Å². The van der Waals surface area contributed by atoms with Crippen LogP contribution in [0.15, 0.2) is 12.1 Å². The Bertz CT molecular complexity index is 376. The minimum absolute atomic E-state index is 0.0899. The van der Waals surface area contributed by atoms with Crippen LogP contribution in [0.3, 0.4) is 0 Å². The Kier molecular flexibility index (Phi) is 2.15. The van der Waals surface area contributed by atoms with Crippen molar-refractivity contribution in [1.29, 1.82) is 0 Å². The van der Waals surface area contributed by atoms with Crippen molar-refractivity contribution in [2.45, 2.75) is 6.42 Å². The van der Waals surface area contributed by atoms with Crippen LogP contribution in [-0.4, -0.2) is 17.6 Å². The number of hydrogen-bond acceptors (Lipinski definition) is 2. The molecule has 0 fully saturated rings. The first-order valence-corrected chi connectivity index (χ1v) is 5.06. The fraction of sp³-hybridized carbons (Fsp3) is 0.222. The number of aromatic hydroxyl groups is 1. The largest absolute Gasteiger partial charge is 0.507 e. The molecule has 0 aliphatic carbocycles. The molecular weight excluding hydrogens is 281 g/mol. The first kappa shape index (κ1) is 8.80. The van der Waals surface area contributed by atoms with Gasteiger partial charge >= 0.3 is 0 Å². The second kappa shape index (κ2) is 3.17. The van der Waals surface area contributed by atoms with Crippen LogP contribution in [0.25, 0.3) is 0 Å². The minimum Gasteiger partial charge on any atom is -0.507 e. The lowest BCUT2D eigenvalue weighted by molar-refractivity contribution is 0.0945. The second-order valence-corrected chi connectivity index (χ2v) is 4.13. The lowest BCUT2D eigenvalue weighted by Crippen LogP contribution is -2.31. The van der Waals surface area contributed by atoms with E-state index in [1.54, 1.807) is 0 Å². The van der Waals surface area contributed by atoms with E-state index in [9.17, 15) is 9.90 Å². The fourth-order valence-corrected chi connectivity index (χ4v) is 1.96. The van der Waals surface area contributed by atoms with Crippen LogP contribution < -0.4 is 5.32 Å². The van der Waals surface area contributed by atoms with E-state index < -0.39 is 0 Å². The number of amides is 1. The monoisotopic (exact) mass is 289 g/mol. The van der Waals surface area contributed by atoms with Crippen molar-refractivity contribution in [3.05, 3.63) is 26.8 Å². The molecule has 1 aromatic carbocycles. The van der Waals surface area contributed by atoms with Crippen LogP contribution in [0.4, 0.5) is 0 Å². The van der Waals surface area contributed by atoms with Crippen LogP contribution in [0, 0.1) is 3.57 Å². The van der Waals surface area contributed by atoms with Crippen molar-refractivity contribution >= 4 is 28.5 Å². The molecule has 0 bridgehead atoms. The van der Waals surface area contributed by atoms with Gasteiger partial charge in [-0.3, -0.25) is 4.79 Å². The standard InChI is InChI=1S/C9H8INO2/c10-7-3-5-1-2-11-9(13)6(5)4-8(7)12/h3-4,12H,1-2H2,(H,11,13). The first-order valence-electron chi connectivity index (χ1n) is 3.98. The average molecular weight is 289 g/mol. The maximum atomic E-state index is 11.3. The van der Waals surface area contributed by atoms with Gasteiger partial charge in [0.25, 0.3) is 5.91 Å². The van der Waals surface area contributed by atoms with E-state index in [2.05, 4.69) is 27.9 Å². The Morgan fingerprint density at radius 1 is 1.46 bits per heavy atom. The van der Waals surface area contributed by atoms with Crippen LogP contribution in [-0.2, 0) is 6.42 Å². The van der Waals surface area contributed by atoms with Gasteiger partial charge in [-0.25, -0.2) is 0 Å². The number of nitrogens with one attached hydrogen (secondary N) is 1.